The minimum absolute atomic E-state index is 0.218. The van der Waals surface area contributed by atoms with E-state index in [2.05, 4.69) is 16.7 Å². The first-order valence-electron chi connectivity index (χ1n) is 12.3. The number of benzene rings is 4. The Kier molecular flexibility index (Phi) is 6.74. The molecule has 1 aromatic heterocycles. The Labute approximate surface area is 227 Å². The second-order valence-corrected chi connectivity index (χ2v) is 11.5. The van der Waals surface area contributed by atoms with Crippen LogP contribution in [0.2, 0.25) is 0 Å². The van der Waals surface area contributed by atoms with Crippen LogP contribution in [-0.4, -0.2) is 55.3 Å². The van der Waals surface area contributed by atoms with Crippen LogP contribution in [0.3, 0.4) is 0 Å². The van der Waals surface area contributed by atoms with Crippen molar-refractivity contribution in [3.8, 4) is 34.1 Å². The van der Waals surface area contributed by atoms with Gasteiger partial charge in [-0.05, 0) is 42.0 Å². The first-order valence-corrected chi connectivity index (χ1v) is 13.7. The van der Waals surface area contributed by atoms with Crippen LogP contribution >= 0.6 is 0 Å². The topological polar surface area (TPSA) is 78.2 Å². The molecular formula is C30H31N2O6S+. The fourth-order valence-corrected chi connectivity index (χ4v) is 6.13. The molecule has 5 aromatic rings. The van der Waals surface area contributed by atoms with Crippen molar-refractivity contribution in [2.24, 2.45) is 7.05 Å². The van der Waals surface area contributed by atoms with Gasteiger partial charge in [0.25, 0.3) is 0 Å². The second kappa shape index (κ2) is 9.91. The molecule has 1 heterocycles. The van der Waals surface area contributed by atoms with E-state index in [1.807, 2.05) is 31.4 Å². The van der Waals surface area contributed by atoms with Gasteiger partial charge in [-0.2, -0.15) is 4.57 Å². The molecule has 0 saturated heterocycles. The zero-order valence-electron chi connectivity index (χ0n) is 23.0. The SMILES string of the molecule is COc1cc2c(ccc3c4ccc(OC)c(OC)c4c[n+](C)c23)c(-c2ccc(S(=O)(=O)N(C)C)cc2)c1OC. The average molecular weight is 548 g/mol. The molecule has 9 heteroatoms. The number of rotatable bonds is 7. The van der Waals surface area contributed by atoms with E-state index in [1.54, 1.807) is 52.7 Å². The van der Waals surface area contributed by atoms with Gasteiger partial charge in [-0.1, -0.05) is 18.2 Å². The monoisotopic (exact) mass is 547 g/mol. The molecule has 202 valence electrons. The molecule has 0 spiro atoms. The van der Waals surface area contributed by atoms with Crippen LogP contribution < -0.4 is 23.5 Å². The molecule has 8 nitrogen and oxygen atoms in total. The van der Waals surface area contributed by atoms with Crippen molar-refractivity contribution in [3.63, 3.8) is 0 Å². The lowest BCUT2D eigenvalue weighted by atomic mass is 9.93. The summed E-state index contributed by atoms with van der Waals surface area (Å²) in [6.45, 7) is 0. The Bertz CT molecular complexity index is 1850. The highest BCUT2D eigenvalue weighted by atomic mass is 32.2. The highest BCUT2D eigenvalue weighted by Crippen LogP contribution is 2.46. The van der Waals surface area contributed by atoms with Gasteiger partial charge < -0.3 is 18.9 Å². The van der Waals surface area contributed by atoms with Gasteiger partial charge in [-0.3, -0.25) is 0 Å². The standard InChI is InChI=1S/C30H31N2O6S/c1-31(2)39(33,34)19-10-8-18(9-11-19)27-21-12-13-22-20-14-15-25(35-4)29(37-6)24(20)17-32(3)28(22)23(21)16-26(36-5)30(27)38-7/h8-17H,1-7H3/q+1. The van der Waals surface area contributed by atoms with E-state index in [-0.39, 0.29) is 4.90 Å². The summed E-state index contributed by atoms with van der Waals surface area (Å²) in [5.74, 6) is 2.49. The van der Waals surface area contributed by atoms with Gasteiger partial charge in [0.1, 0.15) is 7.05 Å². The molecule has 0 fully saturated rings. The van der Waals surface area contributed by atoms with Gasteiger partial charge in [0.2, 0.25) is 15.5 Å². The Hall–Kier alpha value is -4.08. The molecule has 0 N–H and O–H groups in total. The molecule has 0 aliphatic heterocycles. The predicted octanol–water partition coefficient (Wildman–Crippen LogP) is 4.92. The van der Waals surface area contributed by atoms with Crippen LogP contribution in [0.5, 0.6) is 23.0 Å². The molecule has 0 saturated carbocycles. The Morgan fingerprint density at radius 1 is 0.667 bits per heavy atom. The average Bonchev–Trinajstić information content (AvgIpc) is 2.94. The molecule has 5 rings (SSSR count). The number of hydrogen-bond acceptors (Lipinski definition) is 6. The summed E-state index contributed by atoms with van der Waals surface area (Å²) in [6, 6.07) is 16.9. The van der Waals surface area contributed by atoms with E-state index in [1.165, 1.54) is 18.4 Å². The third kappa shape index (κ3) is 4.09. The summed E-state index contributed by atoms with van der Waals surface area (Å²) in [4.78, 5) is 0.218. The van der Waals surface area contributed by atoms with Gasteiger partial charge in [0, 0.05) is 30.4 Å². The third-order valence-electron chi connectivity index (χ3n) is 7.11. The summed E-state index contributed by atoms with van der Waals surface area (Å²) in [6.07, 6.45) is 2.04. The Morgan fingerprint density at radius 2 is 1.28 bits per heavy atom. The fraction of sp³-hybridized carbons (Fsp3) is 0.233. The number of hydrogen-bond donors (Lipinski definition) is 0. The minimum Gasteiger partial charge on any atom is -0.493 e. The zero-order chi connectivity index (χ0) is 28.1. The van der Waals surface area contributed by atoms with E-state index >= 15 is 0 Å². The number of ether oxygens (including phenoxy) is 4. The lowest BCUT2D eigenvalue weighted by Gasteiger charge is -2.18. The minimum atomic E-state index is -3.56. The van der Waals surface area contributed by atoms with E-state index in [0.717, 1.165) is 43.6 Å². The van der Waals surface area contributed by atoms with E-state index in [0.29, 0.717) is 23.0 Å². The van der Waals surface area contributed by atoms with Gasteiger partial charge in [0.05, 0.1) is 49.5 Å². The maximum atomic E-state index is 12.7. The quantitative estimate of drug-likeness (QED) is 0.213. The number of fused-ring (bicyclic) bond motifs is 5. The van der Waals surface area contributed by atoms with Crippen molar-refractivity contribution in [1.29, 1.82) is 0 Å². The number of methoxy groups -OCH3 is 4. The number of aryl methyl sites for hydroxylation is 1. The van der Waals surface area contributed by atoms with Crippen molar-refractivity contribution in [2.45, 2.75) is 4.90 Å². The normalized spacial score (nSPS) is 11.9. The zero-order valence-corrected chi connectivity index (χ0v) is 23.8. The molecule has 39 heavy (non-hydrogen) atoms. The first kappa shape index (κ1) is 26.5. The third-order valence-corrected chi connectivity index (χ3v) is 8.94. The number of pyridine rings is 1. The Morgan fingerprint density at radius 3 is 1.87 bits per heavy atom. The molecule has 0 atom stereocenters. The molecular weight excluding hydrogens is 516 g/mol. The maximum Gasteiger partial charge on any atom is 0.242 e. The molecule has 4 aromatic carbocycles. The molecule has 0 aliphatic carbocycles. The van der Waals surface area contributed by atoms with Gasteiger partial charge >= 0.3 is 0 Å². The number of sulfonamides is 1. The molecule has 0 amide bonds. The number of nitrogens with zero attached hydrogens (tertiary/aromatic N) is 2. The maximum absolute atomic E-state index is 12.7. The van der Waals surface area contributed by atoms with Crippen LogP contribution in [0, 0.1) is 0 Å². The molecule has 0 bridgehead atoms. The molecule has 0 unspecified atom stereocenters. The van der Waals surface area contributed by atoms with E-state index in [4.69, 9.17) is 18.9 Å². The van der Waals surface area contributed by atoms with Crippen LogP contribution in [0.4, 0.5) is 0 Å². The van der Waals surface area contributed by atoms with Gasteiger partial charge in [-0.25, -0.2) is 12.7 Å². The van der Waals surface area contributed by atoms with Crippen LogP contribution in [0.1, 0.15) is 0 Å². The lowest BCUT2D eigenvalue weighted by molar-refractivity contribution is -0.642. The Balaban J connectivity index is 1.87. The highest BCUT2D eigenvalue weighted by Gasteiger charge is 2.25. The summed E-state index contributed by atoms with van der Waals surface area (Å²) >= 11 is 0. The van der Waals surface area contributed by atoms with Crippen molar-refractivity contribution >= 4 is 42.5 Å². The van der Waals surface area contributed by atoms with E-state index in [9.17, 15) is 8.42 Å². The van der Waals surface area contributed by atoms with Crippen molar-refractivity contribution in [1.82, 2.24) is 4.31 Å². The van der Waals surface area contributed by atoms with Crippen LogP contribution in [0.15, 0.2) is 65.7 Å². The lowest BCUT2D eigenvalue weighted by Crippen LogP contribution is -2.28. The predicted molar refractivity (Wildman–Crippen MR) is 153 cm³/mol. The molecule has 0 aliphatic rings. The summed E-state index contributed by atoms with van der Waals surface area (Å²) in [5.41, 5.74) is 2.62. The van der Waals surface area contributed by atoms with Crippen molar-refractivity contribution in [3.05, 3.63) is 60.8 Å². The smallest absolute Gasteiger partial charge is 0.242 e. The van der Waals surface area contributed by atoms with Crippen molar-refractivity contribution in [2.75, 3.05) is 42.5 Å². The fourth-order valence-electron chi connectivity index (χ4n) is 5.23. The van der Waals surface area contributed by atoms with Crippen LogP contribution in [0.25, 0.3) is 43.6 Å². The summed E-state index contributed by atoms with van der Waals surface area (Å²) in [5, 5.41) is 4.90. The molecule has 0 radical (unpaired) electrons. The van der Waals surface area contributed by atoms with Crippen molar-refractivity contribution < 1.29 is 31.9 Å². The first-order chi connectivity index (χ1) is 18.7. The second-order valence-electron chi connectivity index (χ2n) is 9.36. The van der Waals surface area contributed by atoms with Crippen LogP contribution in [-0.2, 0) is 17.1 Å². The van der Waals surface area contributed by atoms with Gasteiger partial charge in [0.15, 0.2) is 29.2 Å². The largest absolute Gasteiger partial charge is 0.493 e. The summed E-state index contributed by atoms with van der Waals surface area (Å²) in [7, 11) is 7.95. The van der Waals surface area contributed by atoms with E-state index < -0.39 is 10.0 Å². The van der Waals surface area contributed by atoms with Gasteiger partial charge in [-0.15, -0.1) is 0 Å². The summed E-state index contributed by atoms with van der Waals surface area (Å²) < 4.78 is 51.4. The number of aromatic nitrogens is 1. The highest BCUT2D eigenvalue weighted by molar-refractivity contribution is 7.89.